The Kier molecular flexibility index (Phi) is 3.21. The number of nitrogens with two attached hydrogens (primary N) is 1. The van der Waals surface area contributed by atoms with Crippen LogP contribution >= 0.6 is 0 Å². The number of nitrogen functional groups attached to an aromatic ring is 1. The van der Waals surface area contributed by atoms with Gasteiger partial charge in [-0.2, -0.15) is 5.26 Å². The first kappa shape index (κ1) is 11.7. The number of hydrogen-bond acceptors (Lipinski definition) is 4. The van der Waals surface area contributed by atoms with Gasteiger partial charge in [-0.3, -0.25) is 0 Å². The molecule has 4 heteroatoms. The molecular weight excluding hydrogens is 214 g/mol. The van der Waals surface area contributed by atoms with E-state index in [0.717, 1.165) is 18.7 Å². The number of anilines is 2. The van der Waals surface area contributed by atoms with Crippen molar-refractivity contribution < 1.29 is 5.11 Å². The van der Waals surface area contributed by atoms with Crippen LogP contribution in [0.1, 0.15) is 18.9 Å². The van der Waals surface area contributed by atoms with Gasteiger partial charge in [0.15, 0.2) is 0 Å². The van der Waals surface area contributed by atoms with Crippen LogP contribution in [-0.2, 0) is 0 Å². The molecule has 4 nitrogen and oxygen atoms in total. The third-order valence-electron chi connectivity index (χ3n) is 3.52. The van der Waals surface area contributed by atoms with E-state index in [1.807, 2.05) is 6.07 Å². The predicted octanol–water partition coefficient (Wildman–Crippen LogP) is 1.35. The van der Waals surface area contributed by atoms with E-state index in [9.17, 15) is 5.11 Å². The standard InChI is InChI=1S/C13H17N3O/c1-9-4-5-16(13(9)8-17)12-3-2-11(15)6-10(12)7-14/h2-3,6,9,13,17H,4-5,8,15H2,1H3. The number of aliphatic hydroxyl groups is 1. The lowest BCUT2D eigenvalue weighted by Gasteiger charge is -2.28. The van der Waals surface area contributed by atoms with Crippen molar-refractivity contribution in [1.29, 1.82) is 5.26 Å². The summed E-state index contributed by atoms with van der Waals surface area (Å²) in [4.78, 5) is 2.11. The molecule has 1 heterocycles. The molecule has 90 valence electrons. The minimum Gasteiger partial charge on any atom is -0.399 e. The van der Waals surface area contributed by atoms with Crippen LogP contribution in [0.15, 0.2) is 18.2 Å². The molecular formula is C13H17N3O. The summed E-state index contributed by atoms with van der Waals surface area (Å²) in [6.45, 7) is 3.13. The van der Waals surface area contributed by atoms with E-state index in [4.69, 9.17) is 11.0 Å². The topological polar surface area (TPSA) is 73.3 Å². The van der Waals surface area contributed by atoms with Crippen LogP contribution in [0.4, 0.5) is 11.4 Å². The van der Waals surface area contributed by atoms with Gasteiger partial charge in [0, 0.05) is 12.2 Å². The van der Waals surface area contributed by atoms with Gasteiger partial charge in [-0.25, -0.2) is 0 Å². The van der Waals surface area contributed by atoms with Crippen LogP contribution in [0, 0.1) is 17.2 Å². The predicted molar refractivity (Wildman–Crippen MR) is 67.6 cm³/mol. The zero-order valence-electron chi connectivity index (χ0n) is 9.93. The van der Waals surface area contributed by atoms with Crippen molar-refractivity contribution >= 4 is 11.4 Å². The second-order valence-electron chi connectivity index (χ2n) is 4.60. The zero-order chi connectivity index (χ0) is 12.4. The summed E-state index contributed by atoms with van der Waals surface area (Å²) in [5, 5.41) is 18.6. The van der Waals surface area contributed by atoms with Gasteiger partial charge < -0.3 is 15.7 Å². The first-order valence-corrected chi connectivity index (χ1v) is 5.84. The molecule has 0 aliphatic carbocycles. The van der Waals surface area contributed by atoms with E-state index in [2.05, 4.69) is 17.9 Å². The maximum Gasteiger partial charge on any atom is 0.101 e. The molecule has 0 spiro atoms. The monoisotopic (exact) mass is 231 g/mol. The van der Waals surface area contributed by atoms with Gasteiger partial charge in [0.2, 0.25) is 0 Å². The molecule has 2 atom stereocenters. The second kappa shape index (κ2) is 4.64. The second-order valence-corrected chi connectivity index (χ2v) is 4.60. The van der Waals surface area contributed by atoms with Gasteiger partial charge in [-0.15, -0.1) is 0 Å². The third kappa shape index (κ3) is 2.06. The fourth-order valence-electron chi connectivity index (χ4n) is 2.48. The van der Waals surface area contributed by atoms with E-state index in [1.54, 1.807) is 12.1 Å². The molecule has 3 N–H and O–H groups in total. The summed E-state index contributed by atoms with van der Waals surface area (Å²) < 4.78 is 0. The van der Waals surface area contributed by atoms with Crippen molar-refractivity contribution in [3.05, 3.63) is 23.8 Å². The Bertz CT molecular complexity index is 452. The summed E-state index contributed by atoms with van der Waals surface area (Å²) in [6.07, 6.45) is 1.04. The van der Waals surface area contributed by atoms with Crippen molar-refractivity contribution in [3.63, 3.8) is 0 Å². The van der Waals surface area contributed by atoms with Crippen LogP contribution in [0.5, 0.6) is 0 Å². The van der Waals surface area contributed by atoms with Crippen molar-refractivity contribution in [2.75, 3.05) is 23.8 Å². The Balaban J connectivity index is 2.38. The van der Waals surface area contributed by atoms with Crippen LogP contribution in [0.25, 0.3) is 0 Å². The number of rotatable bonds is 2. The van der Waals surface area contributed by atoms with Gasteiger partial charge in [0.05, 0.1) is 23.9 Å². The first-order valence-electron chi connectivity index (χ1n) is 5.84. The van der Waals surface area contributed by atoms with Gasteiger partial charge in [-0.05, 0) is 30.5 Å². The molecule has 2 unspecified atom stereocenters. The van der Waals surface area contributed by atoms with Crippen molar-refractivity contribution in [1.82, 2.24) is 0 Å². The average molecular weight is 231 g/mol. The highest BCUT2D eigenvalue weighted by Gasteiger charge is 2.31. The van der Waals surface area contributed by atoms with Crippen LogP contribution in [0.2, 0.25) is 0 Å². The van der Waals surface area contributed by atoms with Crippen LogP contribution < -0.4 is 10.6 Å². The summed E-state index contributed by atoms with van der Waals surface area (Å²) in [5.41, 5.74) is 7.73. The van der Waals surface area contributed by atoms with E-state index in [-0.39, 0.29) is 12.6 Å². The van der Waals surface area contributed by atoms with Crippen molar-refractivity contribution in [2.45, 2.75) is 19.4 Å². The van der Waals surface area contributed by atoms with Crippen molar-refractivity contribution in [3.8, 4) is 6.07 Å². The molecule has 1 aromatic carbocycles. The number of nitriles is 1. The highest BCUT2D eigenvalue weighted by atomic mass is 16.3. The van der Waals surface area contributed by atoms with Crippen LogP contribution in [0.3, 0.4) is 0 Å². The molecule has 1 aliphatic heterocycles. The molecule has 0 amide bonds. The Morgan fingerprint density at radius 2 is 2.35 bits per heavy atom. The molecule has 0 aromatic heterocycles. The maximum absolute atomic E-state index is 9.44. The average Bonchev–Trinajstić information content (AvgIpc) is 2.70. The minimum atomic E-state index is 0.103. The van der Waals surface area contributed by atoms with Gasteiger partial charge in [-0.1, -0.05) is 6.92 Å². The molecule has 1 aromatic rings. The van der Waals surface area contributed by atoms with E-state index in [1.165, 1.54) is 0 Å². The number of hydrogen-bond donors (Lipinski definition) is 2. The molecule has 0 radical (unpaired) electrons. The molecule has 2 rings (SSSR count). The minimum absolute atomic E-state index is 0.103. The summed E-state index contributed by atoms with van der Waals surface area (Å²) in [5.74, 6) is 0.448. The Morgan fingerprint density at radius 1 is 1.59 bits per heavy atom. The smallest absolute Gasteiger partial charge is 0.101 e. The maximum atomic E-state index is 9.44. The number of nitrogens with zero attached hydrogens (tertiary/aromatic N) is 2. The number of aliphatic hydroxyl groups excluding tert-OH is 1. The molecule has 0 bridgehead atoms. The lowest BCUT2D eigenvalue weighted by atomic mass is 10.0. The first-order chi connectivity index (χ1) is 8.17. The lowest BCUT2D eigenvalue weighted by Crippen LogP contribution is -2.35. The van der Waals surface area contributed by atoms with Gasteiger partial charge in [0.1, 0.15) is 6.07 Å². The Labute approximate surface area is 101 Å². The molecule has 1 saturated heterocycles. The summed E-state index contributed by atoms with van der Waals surface area (Å²) >= 11 is 0. The Hall–Kier alpha value is -1.73. The fraction of sp³-hybridized carbons (Fsp3) is 0.462. The molecule has 1 fully saturated rings. The largest absolute Gasteiger partial charge is 0.399 e. The molecule has 17 heavy (non-hydrogen) atoms. The highest BCUT2D eigenvalue weighted by molar-refractivity contribution is 5.65. The fourth-order valence-corrected chi connectivity index (χ4v) is 2.48. The van der Waals surface area contributed by atoms with E-state index in [0.29, 0.717) is 17.2 Å². The highest BCUT2D eigenvalue weighted by Crippen LogP contribution is 2.32. The van der Waals surface area contributed by atoms with Gasteiger partial charge in [0.25, 0.3) is 0 Å². The van der Waals surface area contributed by atoms with E-state index >= 15 is 0 Å². The van der Waals surface area contributed by atoms with Gasteiger partial charge >= 0.3 is 0 Å². The molecule has 1 aliphatic rings. The van der Waals surface area contributed by atoms with E-state index < -0.39 is 0 Å². The normalized spacial score (nSPS) is 23.7. The van der Waals surface area contributed by atoms with Crippen LogP contribution in [-0.4, -0.2) is 24.3 Å². The van der Waals surface area contributed by atoms with Crippen molar-refractivity contribution in [2.24, 2.45) is 5.92 Å². The molecule has 0 saturated carbocycles. The summed E-state index contributed by atoms with van der Waals surface area (Å²) in [6, 6.07) is 7.63. The lowest BCUT2D eigenvalue weighted by molar-refractivity contribution is 0.244. The quantitative estimate of drug-likeness (QED) is 0.753. The third-order valence-corrected chi connectivity index (χ3v) is 3.52. The summed E-state index contributed by atoms with van der Waals surface area (Å²) in [7, 11) is 0. The zero-order valence-corrected chi connectivity index (χ0v) is 9.93. The number of benzene rings is 1. The Morgan fingerprint density at radius 3 is 3.00 bits per heavy atom. The SMILES string of the molecule is CC1CCN(c2ccc(N)cc2C#N)C1CO.